The summed E-state index contributed by atoms with van der Waals surface area (Å²) in [6.07, 6.45) is 2.99. The molecule has 190 valence electrons. The normalized spacial score (nSPS) is 20.7. The van der Waals surface area contributed by atoms with Crippen molar-refractivity contribution in [2.45, 2.75) is 52.7 Å². The van der Waals surface area contributed by atoms with Gasteiger partial charge < -0.3 is 19.5 Å². The lowest BCUT2D eigenvalue weighted by Gasteiger charge is -2.29. The third kappa shape index (κ3) is 4.92. The van der Waals surface area contributed by atoms with Gasteiger partial charge in [-0.3, -0.25) is 9.88 Å². The number of thiocarbonyl (C=S) groups is 1. The lowest BCUT2D eigenvalue weighted by molar-refractivity contribution is 0.0369. The highest BCUT2D eigenvalue weighted by atomic mass is 32.1. The average molecular weight is 504 g/mol. The SMILES string of the molecule is Cc1ccc(N2C(=S)NC(c3ccccn3)C2c2cc(C)n(CCCN3CCOCC3)c2C)cc1C. The minimum absolute atomic E-state index is 0.0219. The molecule has 36 heavy (non-hydrogen) atoms. The van der Waals surface area contributed by atoms with Crippen molar-refractivity contribution in [1.29, 1.82) is 0 Å². The maximum atomic E-state index is 5.94. The van der Waals surface area contributed by atoms with Gasteiger partial charge in [0.25, 0.3) is 0 Å². The zero-order valence-electron chi connectivity index (χ0n) is 21.8. The number of nitrogens with zero attached hydrogens (tertiary/aromatic N) is 4. The highest BCUT2D eigenvalue weighted by molar-refractivity contribution is 7.80. The number of pyridine rings is 1. The van der Waals surface area contributed by atoms with Gasteiger partial charge in [-0.25, -0.2) is 0 Å². The van der Waals surface area contributed by atoms with Crippen LogP contribution in [0.4, 0.5) is 5.69 Å². The highest BCUT2D eigenvalue weighted by Crippen LogP contribution is 2.43. The number of aromatic nitrogens is 2. The lowest BCUT2D eigenvalue weighted by atomic mass is 9.96. The molecule has 0 saturated carbocycles. The standard InChI is InChI=1S/C29H37N5OS/c1-20-9-10-24(18-21(20)2)34-28(27(31-29(34)36)26-8-5-6-11-30-26)25-19-22(3)33(23(25)4)13-7-12-32-14-16-35-17-15-32/h5-6,8-11,18-19,27-28H,7,12-17H2,1-4H3,(H,31,36). The second kappa shape index (κ2) is 10.7. The number of morpholine rings is 1. The second-order valence-electron chi connectivity index (χ2n) is 10.1. The molecule has 1 N–H and O–H groups in total. The lowest BCUT2D eigenvalue weighted by Crippen LogP contribution is -2.37. The van der Waals surface area contributed by atoms with E-state index in [1.165, 1.54) is 28.1 Å². The summed E-state index contributed by atoms with van der Waals surface area (Å²) in [5.74, 6) is 0. The first-order valence-electron chi connectivity index (χ1n) is 13.0. The minimum Gasteiger partial charge on any atom is -0.379 e. The van der Waals surface area contributed by atoms with Crippen LogP contribution in [0.1, 0.15) is 52.3 Å². The van der Waals surface area contributed by atoms with Crippen molar-refractivity contribution >= 4 is 23.0 Å². The molecule has 1 aromatic carbocycles. The number of rotatable bonds is 7. The van der Waals surface area contributed by atoms with Crippen molar-refractivity contribution in [3.8, 4) is 0 Å². The first kappa shape index (κ1) is 24.9. The Morgan fingerprint density at radius 2 is 1.81 bits per heavy atom. The number of hydrogen-bond acceptors (Lipinski definition) is 4. The van der Waals surface area contributed by atoms with E-state index in [1.54, 1.807) is 0 Å². The molecule has 2 atom stereocenters. The smallest absolute Gasteiger partial charge is 0.174 e. The maximum absolute atomic E-state index is 5.94. The molecule has 2 aliphatic heterocycles. The fourth-order valence-corrected chi connectivity index (χ4v) is 5.92. The first-order valence-corrected chi connectivity index (χ1v) is 13.4. The van der Waals surface area contributed by atoms with E-state index in [0.717, 1.165) is 62.3 Å². The van der Waals surface area contributed by atoms with Crippen LogP contribution in [0.2, 0.25) is 0 Å². The quantitative estimate of drug-likeness (QED) is 0.457. The fraction of sp³-hybridized carbons (Fsp3) is 0.448. The predicted molar refractivity (Wildman–Crippen MR) is 150 cm³/mol. The van der Waals surface area contributed by atoms with Gasteiger partial charge in [0.1, 0.15) is 0 Å². The average Bonchev–Trinajstić information content (AvgIpc) is 3.37. The minimum atomic E-state index is -0.0254. The van der Waals surface area contributed by atoms with Gasteiger partial charge in [0.15, 0.2) is 5.11 Å². The molecule has 2 aromatic heterocycles. The van der Waals surface area contributed by atoms with Gasteiger partial charge in [-0.1, -0.05) is 12.1 Å². The summed E-state index contributed by atoms with van der Waals surface area (Å²) >= 11 is 5.94. The summed E-state index contributed by atoms with van der Waals surface area (Å²) in [4.78, 5) is 9.52. The van der Waals surface area contributed by atoms with Crippen LogP contribution in [0.3, 0.4) is 0 Å². The van der Waals surface area contributed by atoms with Crippen molar-refractivity contribution in [1.82, 2.24) is 19.8 Å². The topological polar surface area (TPSA) is 45.6 Å². The summed E-state index contributed by atoms with van der Waals surface area (Å²) < 4.78 is 7.98. The summed E-state index contributed by atoms with van der Waals surface area (Å²) in [5.41, 5.74) is 8.59. The van der Waals surface area contributed by atoms with Crippen LogP contribution in [0, 0.1) is 27.7 Å². The van der Waals surface area contributed by atoms with Crippen LogP contribution in [0.5, 0.6) is 0 Å². The largest absolute Gasteiger partial charge is 0.379 e. The van der Waals surface area contributed by atoms with E-state index >= 15 is 0 Å². The second-order valence-corrected chi connectivity index (χ2v) is 10.4. The third-order valence-electron chi connectivity index (χ3n) is 7.76. The Labute approximate surface area is 220 Å². The van der Waals surface area contributed by atoms with Crippen molar-refractivity contribution in [3.63, 3.8) is 0 Å². The van der Waals surface area contributed by atoms with Crippen LogP contribution >= 0.6 is 12.2 Å². The van der Waals surface area contributed by atoms with E-state index in [4.69, 9.17) is 21.9 Å². The van der Waals surface area contributed by atoms with Crippen LogP contribution < -0.4 is 10.2 Å². The maximum Gasteiger partial charge on any atom is 0.174 e. The van der Waals surface area contributed by atoms with E-state index in [1.807, 2.05) is 12.3 Å². The van der Waals surface area contributed by atoms with Crippen LogP contribution in [-0.2, 0) is 11.3 Å². The summed E-state index contributed by atoms with van der Waals surface area (Å²) in [6, 6.07) is 15.1. The van der Waals surface area contributed by atoms with Crippen molar-refractivity contribution in [2.24, 2.45) is 0 Å². The number of hydrogen-bond donors (Lipinski definition) is 1. The predicted octanol–water partition coefficient (Wildman–Crippen LogP) is 5.02. The molecular formula is C29H37N5OS. The molecule has 2 unspecified atom stereocenters. The molecule has 4 heterocycles. The molecule has 2 fully saturated rings. The zero-order valence-corrected chi connectivity index (χ0v) is 22.6. The molecule has 3 aromatic rings. The Morgan fingerprint density at radius 3 is 2.53 bits per heavy atom. The number of ether oxygens (including phenoxy) is 1. The number of benzene rings is 1. The molecule has 7 heteroatoms. The first-order chi connectivity index (χ1) is 17.4. The van der Waals surface area contributed by atoms with Crippen LogP contribution in [0.25, 0.3) is 0 Å². The summed E-state index contributed by atoms with van der Waals surface area (Å²) in [5, 5.41) is 4.36. The van der Waals surface area contributed by atoms with Crippen molar-refractivity contribution in [2.75, 3.05) is 37.7 Å². The van der Waals surface area contributed by atoms with Gasteiger partial charge in [-0.05, 0) is 93.4 Å². The van der Waals surface area contributed by atoms with E-state index in [-0.39, 0.29) is 12.1 Å². The molecule has 5 rings (SSSR count). The number of anilines is 1. The molecule has 2 saturated heterocycles. The number of nitrogens with one attached hydrogen (secondary N) is 1. The molecule has 2 aliphatic rings. The van der Waals surface area contributed by atoms with Crippen LogP contribution in [0.15, 0.2) is 48.7 Å². The monoisotopic (exact) mass is 503 g/mol. The Morgan fingerprint density at radius 1 is 1.00 bits per heavy atom. The van der Waals surface area contributed by atoms with E-state index in [9.17, 15) is 0 Å². The van der Waals surface area contributed by atoms with Gasteiger partial charge >= 0.3 is 0 Å². The van der Waals surface area contributed by atoms with Gasteiger partial charge in [0.2, 0.25) is 0 Å². The van der Waals surface area contributed by atoms with Gasteiger partial charge in [-0.2, -0.15) is 0 Å². The van der Waals surface area contributed by atoms with Crippen LogP contribution in [-0.4, -0.2) is 52.4 Å². The summed E-state index contributed by atoms with van der Waals surface area (Å²) in [7, 11) is 0. The highest BCUT2D eigenvalue weighted by Gasteiger charge is 2.42. The van der Waals surface area contributed by atoms with Crippen molar-refractivity contribution in [3.05, 3.63) is 82.4 Å². The molecule has 0 radical (unpaired) electrons. The van der Waals surface area contributed by atoms with E-state index < -0.39 is 0 Å². The van der Waals surface area contributed by atoms with E-state index in [0.29, 0.717) is 0 Å². The number of aryl methyl sites for hydroxylation is 3. The molecule has 0 spiro atoms. The Balaban J connectivity index is 1.48. The molecular weight excluding hydrogens is 466 g/mol. The zero-order chi connectivity index (χ0) is 25.2. The molecule has 6 nitrogen and oxygen atoms in total. The molecule has 0 amide bonds. The third-order valence-corrected chi connectivity index (χ3v) is 8.07. The summed E-state index contributed by atoms with van der Waals surface area (Å²) in [6.45, 7) is 14.7. The van der Waals surface area contributed by atoms with Gasteiger partial charge in [0.05, 0.1) is 31.0 Å². The molecule has 0 bridgehead atoms. The van der Waals surface area contributed by atoms with Crippen molar-refractivity contribution < 1.29 is 4.74 Å². The molecule has 0 aliphatic carbocycles. The van der Waals surface area contributed by atoms with E-state index in [2.05, 4.69) is 83.8 Å². The Bertz CT molecular complexity index is 1220. The Kier molecular flexibility index (Phi) is 7.42. The fourth-order valence-electron chi connectivity index (χ4n) is 5.57. The van der Waals surface area contributed by atoms with Gasteiger partial charge in [0, 0.05) is 49.5 Å². The Hall–Kier alpha value is -2.74. The van der Waals surface area contributed by atoms with Gasteiger partial charge in [-0.15, -0.1) is 0 Å².